The van der Waals surface area contributed by atoms with E-state index in [2.05, 4.69) is 31.3 Å². The Kier molecular flexibility index (Phi) is 36.8. The van der Waals surface area contributed by atoms with E-state index in [4.69, 9.17) is 78.0 Å². The van der Waals surface area contributed by atoms with Gasteiger partial charge in [0.05, 0.1) is 56.3 Å². The van der Waals surface area contributed by atoms with Crippen molar-refractivity contribution in [2.45, 2.75) is 307 Å². The first-order valence-electron chi connectivity index (χ1n) is 39.3. The molecule has 6 heterocycles. The lowest BCUT2D eigenvalue weighted by Gasteiger charge is -2.48. The van der Waals surface area contributed by atoms with E-state index in [1.54, 1.807) is 17.1 Å². The summed E-state index contributed by atoms with van der Waals surface area (Å²) in [7, 11) is 0. The van der Waals surface area contributed by atoms with E-state index >= 15 is 0 Å². The summed E-state index contributed by atoms with van der Waals surface area (Å²) in [4.78, 5) is 84.4. The van der Waals surface area contributed by atoms with Crippen LogP contribution < -0.4 is 50.8 Å². The number of aryl methyl sites for hydroxylation is 4. The van der Waals surface area contributed by atoms with E-state index in [9.17, 15) is 100 Å². The van der Waals surface area contributed by atoms with Crippen molar-refractivity contribution in [2.75, 3.05) is 65.6 Å². The number of unbranched alkanes of at least 4 members (excludes halogenated alkanes) is 2. The van der Waals surface area contributed by atoms with Crippen LogP contribution in [0.3, 0.4) is 0 Å². The minimum absolute atomic E-state index is 0.0254. The molecule has 8 rings (SSSR count). The molecular weight excluding hydrogens is 1530 g/mol. The molecule has 4 saturated heterocycles. The SMILES string of the molecule is CCCCCC(=O)N(CCCn1cc(CCCC(=O)NCC2OC(OC3C(N)CC(N)C(OC4OC(CO)C(O)C(N)C4O)C3O)C(O)C(O)C2O)nn1)CC(=O)N(CCC)CC(=O)N(CCCn1cc(CCCC(=O)NCC2OC(OC3C(N)CC(N)C(OC4OC(CO)C(O)C(N)C4O)C3O)C(O)C(O)C2O)nn1)CC(N)=O. The second-order valence-electron chi connectivity index (χ2n) is 30.4. The van der Waals surface area contributed by atoms with Gasteiger partial charge in [-0.05, 0) is 64.2 Å². The Hall–Kier alpha value is -6.02. The van der Waals surface area contributed by atoms with Gasteiger partial charge in [-0.1, -0.05) is 37.1 Å². The number of hydrogen-bond donors (Lipinski definition) is 23. The van der Waals surface area contributed by atoms with Crippen molar-refractivity contribution in [1.82, 2.24) is 55.3 Å². The molecule has 656 valence electrons. The highest BCUT2D eigenvalue weighted by Gasteiger charge is 2.55. The fraction of sp³-hybridized carbons (Fsp3) is 0.855. The van der Waals surface area contributed by atoms with Gasteiger partial charge in [-0.25, -0.2) is 0 Å². The molecule has 0 radical (unpaired) electrons. The maximum Gasteiger partial charge on any atom is 0.242 e. The first-order chi connectivity index (χ1) is 54.7. The largest absolute Gasteiger partial charge is 0.394 e. The van der Waals surface area contributed by atoms with Crippen LogP contribution in [-0.4, -0.2) is 401 Å². The number of aliphatic hydroxyl groups is 14. The van der Waals surface area contributed by atoms with Gasteiger partial charge in [0.25, 0.3) is 0 Å². The van der Waals surface area contributed by atoms with Crippen LogP contribution in [0.4, 0.5) is 0 Å². The molecule has 0 spiro atoms. The molecular formula is C69H122N18O28. The molecule has 2 saturated carbocycles. The summed E-state index contributed by atoms with van der Waals surface area (Å²) in [6, 6.07) is -6.52. The number of rotatable bonds is 42. The van der Waals surface area contributed by atoms with Crippen LogP contribution in [0.15, 0.2) is 12.4 Å². The highest BCUT2D eigenvalue weighted by Crippen LogP contribution is 2.34. The van der Waals surface area contributed by atoms with Gasteiger partial charge in [-0.15, -0.1) is 10.2 Å². The summed E-state index contributed by atoms with van der Waals surface area (Å²) in [6.07, 6.45) is -29.6. The van der Waals surface area contributed by atoms with E-state index in [0.717, 1.165) is 12.8 Å². The third kappa shape index (κ3) is 25.5. The molecule has 4 aliphatic heterocycles. The van der Waals surface area contributed by atoms with Crippen molar-refractivity contribution < 1.29 is 138 Å². The van der Waals surface area contributed by atoms with Crippen LogP contribution in [-0.2, 0) is 92.6 Å². The fourth-order valence-corrected chi connectivity index (χ4v) is 14.7. The summed E-state index contributed by atoms with van der Waals surface area (Å²) in [5.41, 5.74) is 43.7. The van der Waals surface area contributed by atoms with Gasteiger partial charge in [0.2, 0.25) is 35.4 Å². The molecule has 6 aliphatic rings. The quantitative estimate of drug-likeness (QED) is 0.0275. The molecule has 30 unspecified atom stereocenters. The lowest BCUT2D eigenvalue weighted by Crippen LogP contribution is -2.68. The topological polar surface area (TPSA) is 737 Å². The monoisotopic (exact) mass is 1650 g/mol. The van der Waals surface area contributed by atoms with E-state index in [0.29, 0.717) is 49.9 Å². The number of primary amides is 1. The van der Waals surface area contributed by atoms with Crippen molar-refractivity contribution in [2.24, 2.45) is 40.1 Å². The zero-order valence-corrected chi connectivity index (χ0v) is 64.6. The third-order valence-electron chi connectivity index (χ3n) is 21.5. The van der Waals surface area contributed by atoms with Gasteiger partial charge in [0.1, 0.15) is 122 Å². The molecule has 30 N–H and O–H groups in total. The molecule has 115 heavy (non-hydrogen) atoms. The van der Waals surface area contributed by atoms with Crippen molar-refractivity contribution in [3.8, 4) is 0 Å². The van der Waals surface area contributed by atoms with Crippen molar-refractivity contribution in [1.29, 1.82) is 0 Å². The average molecular weight is 1650 g/mol. The molecule has 46 nitrogen and oxygen atoms in total. The number of ether oxygens (including phenoxy) is 8. The van der Waals surface area contributed by atoms with Gasteiger partial charge < -0.3 is 175 Å². The number of amides is 6. The summed E-state index contributed by atoms with van der Waals surface area (Å²) >= 11 is 0. The molecule has 2 aromatic heterocycles. The summed E-state index contributed by atoms with van der Waals surface area (Å²) in [6.45, 7) is 1.38. The second kappa shape index (κ2) is 44.9. The Bertz CT molecular complexity index is 3340. The highest BCUT2D eigenvalue weighted by molar-refractivity contribution is 5.90. The fourth-order valence-electron chi connectivity index (χ4n) is 14.7. The standard InChI is InChI=1S/C69H122N18O28/c1-3-5-6-15-45(93)85(18-10-20-87-26-33(80-82-87)12-8-14-44(92)78-24-39-53(99)57(103)59(105)69(109-39)115-65-37(73)22-35(71)63(61(65)107)113-67-55(101)49(76)51(97)41(31-89)111-67)29-46(94)83(16-4-2)28-47(95)84(27-42(74)90)17-9-19-86-25-32(79-81-86)11-7-13-43(91)77-23-38-52(98)56(102)58(104)68(108-38)114-64-36(72)21-34(70)62(60(64)106)112-66-54(100)48(75)50(96)40(30-88)110-66/h25-26,34-41,48-69,88-89,96-107H,3-24,27-31,70-73,75-76H2,1-2H3,(H2,74,90)(H,77,91)(H,78,92). The summed E-state index contributed by atoms with van der Waals surface area (Å²) in [5, 5.41) is 171. The van der Waals surface area contributed by atoms with E-state index in [1.165, 1.54) is 19.4 Å². The van der Waals surface area contributed by atoms with Crippen LogP contribution >= 0.6 is 0 Å². The summed E-state index contributed by atoms with van der Waals surface area (Å²) < 4.78 is 49.2. The number of nitrogens with one attached hydrogen (secondary N) is 2. The van der Waals surface area contributed by atoms with E-state index < -0.39 is 239 Å². The number of nitrogens with zero attached hydrogens (tertiary/aromatic N) is 9. The zero-order chi connectivity index (χ0) is 84.2. The maximum atomic E-state index is 14.1. The predicted molar refractivity (Wildman–Crippen MR) is 392 cm³/mol. The number of nitrogens with two attached hydrogens (primary N) is 7. The van der Waals surface area contributed by atoms with Gasteiger partial charge in [0.15, 0.2) is 25.2 Å². The minimum atomic E-state index is -1.87. The lowest BCUT2D eigenvalue weighted by molar-refractivity contribution is -0.332. The molecule has 0 bridgehead atoms. The zero-order valence-electron chi connectivity index (χ0n) is 64.6. The molecule has 6 fully saturated rings. The predicted octanol–water partition coefficient (Wildman–Crippen LogP) is -13.3. The van der Waals surface area contributed by atoms with Crippen LogP contribution in [0.5, 0.6) is 0 Å². The van der Waals surface area contributed by atoms with Gasteiger partial charge in [0, 0.05) is 102 Å². The average Bonchev–Trinajstić information content (AvgIpc) is 1.16. The minimum Gasteiger partial charge on any atom is -0.394 e. The highest BCUT2D eigenvalue weighted by atomic mass is 16.7. The molecule has 6 amide bonds. The van der Waals surface area contributed by atoms with Crippen LogP contribution in [0.2, 0.25) is 0 Å². The Morgan fingerprint density at radius 1 is 0.435 bits per heavy atom. The van der Waals surface area contributed by atoms with Gasteiger partial charge >= 0.3 is 0 Å². The van der Waals surface area contributed by atoms with Gasteiger partial charge in [-0.2, -0.15) is 0 Å². The van der Waals surface area contributed by atoms with E-state index in [1.807, 2.05) is 13.8 Å². The maximum absolute atomic E-state index is 14.1. The van der Waals surface area contributed by atoms with Gasteiger partial charge in [-0.3, -0.25) is 38.1 Å². The smallest absolute Gasteiger partial charge is 0.242 e. The number of aromatic nitrogens is 6. The Balaban J connectivity index is 0.742. The van der Waals surface area contributed by atoms with Crippen molar-refractivity contribution >= 4 is 35.4 Å². The Labute approximate surface area is 663 Å². The molecule has 46 heteroatoms. The first kappa shape index (κ1) is 94.5. The van der Waals surface area contributed by atoms with E-state index in [-0.39, 0.29) is 103 Å². The van der Waals surface area contributed by atoms with Crippen LogP contribution in [0, 0.1) is 0 Å². The third-order valence-corrected chi connectivity index (χ3v) is 21.5. The Morgan fingerprint density at radius 2 is 0.800 bits per heavy atom. The molecule has 2 aromatic rings. The summed E-state index contributed by atoms with van der Waals surface area (Å²) in [5.74, 6) is -3.07. The number of hydrogen-bond acceptors (Lipinski definition) is 38. The second-order valence-corrected chi connectivity index (χ2v) is 30.4. The Morgan fingerprint density at radius 3 is 1.17 bits per heavy atom. The number of carbonyl (C=O) groups excluding carboxylic acids is 6. The first-order valence-corrected chi connectivity index (χ1v) is 39.3. The van der Waals surface area contributed by atoms with Crippen LogP contribution in [0.25, 0.3) is 0 Å². The molecule has 30 atom stereocenters. The van der Waals surface area contributed by atoms with Crippen LogP contribution in [0.1, 0.15) is 109 Å². The lowest BCUT2D eigenvalue weighted by atomic mass is 9.84. The normalized spacial score (nSPS) is 35.7. The molecule has 0 aromatic carbocycles. The number of carbonyl (C=O) groups is 6. The van der Waals surface area contributed by atoms with Crippen molar-refractivity contribution in [3.05, 3.63) is 23.8 Å². The van der Waals surface area contributed by atoms with Crippen molar-refractivity contribution in [3.63, 3.8) is 0 Å². The molecule has 2 aliphatic carbocycles. The number of aliphatic hydroxyl groups excluding tert-OH is 14.